The molecule has 7 heteroatoms. The Morgan fingerprint density at radius 1 is 0.833 bits per heavy atom. The first-order chi connectivity index (χ1) is 14.4. The highest BCUT2D eigenvalue weighted by Crippen LogP contribution is 2.24. The van der Waals surface area contributed by atoms with Gasteiger partial charge in [0.25, 0.3) is 0 Å². The number of rotatable bonds is 13. The van der Waals surface area contributed by atoms with E-state index in [9.17, 15) is 10.2 Å². The molecule has 2 rings (SSSR count). The SMILES string of the molecule is CO[Si](CCCSCCCc1cc(Cc2ccc(O)c(C)c2)ccc1O)(OC)OC. The zero-order valence-electron chi connectivity index (χ0n) is 18.4. The van der Waals surface area contributed by atoms with Crippen LogP contribution in [0.5, 0.6) is 11.5 Å². The van der Waals surface area contributed by atoms with Gasteiger partial charge < -0.3 is 23.5 Å². The number of phenolic OH excluding ortho intramolecular Hbond substituents is 2. The molecule has 2 aromatic rings. The summed E-state index contributed by atoms with van der Waals surface area (Å²) in [6, 6.07) is 12.4. The topological polar surface area (TPSA) is 68.2 Å². The molecule has 0 aliphatic carbocycles. The van der Waals surface area contributed by atoms with E-state index in [1.165, 1.54) is 5.56 Å². The maximum atomic E-state index is 10.2. The van der Waals surface area contributed by atoms with Crippen molar-refractivity contribution in [1.29, 1.82) is 0 Å². The van der Waals surface area contributed by atoms with Crippen molar-refractivity contribution in [2.45, 2.75) is 38.7 Å². The van der Waals surface area contributed by atoms with E-state index >= 15 is 0 Å². The molecule has 0 unspecified atom stereocenters. The Balaban J connectivity index is 1.77. The summed E-state index contributed by atoms with van der Waals surface area (Å²) >= 11 is 1.91. The largest absolute Gasteiger partial charge is 0.508 e. The van der Waals surface area contributed by atoms with Crippen LogP contribution in [0.1, 0.15) is 35.1 Å². The molecule has 0 amide bonds. The zero-order valence-corrected chi connectivity index (χ0v) is 20.3. The van der Waals surface area contributed by atoms with E-state index < -0.39 is 8.80 Å². The Hall–Kier alpha value is -1.51. The van der Waals surface area contributed by atoms with Gasteiger partial charge in [-0.15, -0.1) is 0 Å². The molecule has 0 bridgehead atoms. The fraction of sp³-hybridized carbons (Fsp3) is 0.478. The number of phenols is 2. The van der Waals surface area contributed by atoms with Crippen LogP contribution in [0.2, 0.25) is 6.04 Å². The molecule has 0 heterocycles. The van der Waals surface area contributed by atoms with Crippen LogP contribution in [0.4, 0.5) is 0 Å². The second kappa shape index (κ2) is 12.4. The Kier molecular flexibility index (Phi) is 10.2. The molecule has 0 saturated heterocycles. The summed E-state index contributed by atoms with van der Waals surface area (Å²) in [4.78, 5) is 0. The van der Waals surface area contributed by atoms with Gasteiger partial charge >= 0.3 is 8.80 Å². The summed E-state index contributed by atoms with van der Waals surface area (Å²) < 4.78 is 16.3. The lowest BCUT2D eigenvalue weighted by Gasteiger charge is -2.24. The lowest BCUT2D eigenvalue weighted by molar-refractivity contribution is 0.123. The van der Waals surface area contributed by atoms with E-state index in [1.54, 1.807) is 33.5 Å². The number of thioether (sulfide) groups is 1. The molecule has 0 spiro atoms. The maximum Gasteiger partial charge on any atom is 0.500 e. The predicted octanol–water partition coefficient (Wildman–Crippen LogP) is 4.93. The van der Waals surface area contributed by atoms with Crippen LogP contribution in [-0.2, 0) is 26.1 Å². The van der Waals surface area contributed by atoms with Crippen LogP contribution < -0.4 is 0 Å². The molecule has 0 aliphatic heterocycles. The molecular weight excluding hydrogens is 416 g/mol. The third kappa shape index (κ3) is 7.32. The number of hydrogen-bond donors (Lipinski definition) is 2. The average Bonchev–Trinajstić information content (AvgIpc) is 2.75. The Labute approximate surface area is 185 Å². The minimum Gasteiger partial charge on any atom is -0.508 e. The van der Waals surface area contributed by atoms with Crippen molar-refractivity contribution in [3.05, 3.63) is 58.7 Å². The van der Waals surface area contributed by atoms with Crippen molar-refractivity contribution in [2.24, 2.45) is 0 Å². The van der Waals surface area contributed by atoms with E-state index in [0.717, 1.165) is 59.9 Å². The Morgan fingerprint density at radius 3 is 2.07 bits per heavy atom. The first-order valence-electron chi connectivity index (χ1n) is 10.3. The van der Waals surface area contributed by atoms with Gasteiger partial charge in [0, 0.05) is 27.4 Å². The highest BCUT2D eigenvalue weighted by atomic mass is 32.2. The molecule has 0 fully saturated rings. The van der Waals surface area contributed by atoms with Gasteiger partial charge in [-0.1, -0.05) is 24.3 Å². The number of aromatic hydroxyl groups is 2. The van der Waals surface area contributed by atoms with E-state index in [1.807, 2.05) is 36.9 Å². The molecule has 5 nitrogen and oxygen atoms in total. The fourth-order valence-corrected chi connectivity index (χ4v) is 6.31. The number of benzene rings is 2. The zero-order chi connectivity index (χ0) is 22.0. The van der Waals surface area contributed by atoms with Crippen LogP contribution in [-0.4, -0.2) is 51.9 Å². The molecular formula is C23H34O5SSi. The van der Waals surface area contributed by atoms with Crippen molar-refractivity contribution in [2.75, 3.05) is 32.8 Å². The van der Waals surface area contributed by atoms with Crippen molar-refractivity contribution in [3.8, 4) is 11.5 Å². The number of aryl methyl sites for hydroxylation is 2. The fourth-order valence-electron chi connectivity index (χ4n) is 3.43. The third-order valence-corrected chi connectivity index (χ3v) is 9.24. The first-order valence-corrected chi connectivity index (χ1v) is 13.3. The number of hydrogen-bond acceptors (Lipinski definition) is 6. The van der Waals surface area contributed by atoms with Crippen molar-refractivity contribution in [1.82, 2.24) is 0 Å². The van der Waals surface area contributed by atoms with Gasteiger partial charge in [-0.25, -0.2) is 0 Å². The summed E-state index contributed by atoms with van der Waals surface area (Å²) in [7, 11) is 2.49. The molecule has 166 valence electrons. The average molecular weight is 451 g/mol. The first kappa shape index (κ1) is 24.8. The van der Waals surface area contributed by atoms with Crippen molar-refractivity contribution >= 4 is 20.6 Å². The standard InChI is InChI=1S/C23H34O5SSi/c1-18-15-19(8-10-22(18)24)16-20-9-11-23(25)21(17-20)7-5-12-29-13-6-14-30(26-2,27-3)28-4/h8-11,15,17,24-25H,5-7,12-14,16H2,1-4H3. The smallest absolute Gasteiger partial charge is 0.500 e. The highest BCUT2D eigenvalue weighted by Gasteiger charge is 2.36. The van der Waals surface area contributed by atoms with E-state index in [0.29, 0.717) is 11.5 Å². The van der Waals surface area contributed by atoms with Gasteiger partial charge in [-0.2, -0.15) is 11.8 Å². The monoisotopic (exact) mass is 450 g/mol. The molecule has 0 aromatic heterocycles. The normalized spacial score (nSPS) is 11.7. The molecule has 0 atom stereocenters. The highest BCUT2D eigenvalue weighted by molar-refractivity contribution is 7.99. The summed E-state index contributed by atoms with van der Waals surface area (Å²) in [5.41, 5.74) is 4.19. The summed E-state index contributed by atoms with van der Waals surface area (Å²) in [6.07, 6.45) is 3.65. The Morgan fingerprint density at radius 2 is 1.43 bits per heavy atom. The quantitative estimate of drug-likeness (QED) is 0.333. The van der Waals surface area contributed by atoms with Gasteiger partial charge in [0.15, 0.2) is 0 Å². The summed E-state index contributed by atoms with van der Waals surface area (Å²) in [5.74, 6) is 2.77. The minimum atomic E-state index is -2.45. The van der Waals surface area contributed by atoms with Crippen molar-refractivity contribution in [3.63, 3.8) is 0 Å². The van der Waals surface area contributed by atoms with Crippen LogP contribution in [0, 0.1) is 6.92 Å². The lowest BCUT2D eigenvalue weighted by atomic mass is 9.99. The van der Waals surface area contributed by atoms with Gasteiger partial charge in [-0.3, -0.25) is 0 Å². The van der Waals surface area contributed by atoms with E-state index in [4.69, 9.17) is 13.3 Å². The minimum absolute atomic E-state index is 0.322. The van der Waals surface area contributed by atoms with E-state index in [2.05, 4.69) is 6.07 Å². The van der Waals surface area contributed by atoms with Crippen LogP contribution in [0.15, 0.2) is 36.4 Å². The predicted molar refractivity (Wildman–Crippen MR) is 126 cm³/mol. The second-order valence-electron chi connectivity index (χ2n) is 7.38. The van der Waals surface area contributed by atoms with Crippen LogP contribution in [0.25, 0.3) is 0 Å². The third-order valence-electron chi connectivity index (χ3n) is 5.25. The summed E-state index contributed by atoms with van der Waals surface area (Å²) in [6.45, 7) is 1.90. The van der Waals surface area contributed by atoms with Gasteiger partial charge in [0.05, 0.1) is 0 Å². The van der Waals surface area contributed by atoms with Crippen LogP contribution in [0.3, 0.4) is 0 Å². The maximum absolute atomic E-state index is 10.2. The molecule has 0 aliphatic rings. The van der Waals surface area contributed by atoms with E-state index in [-0.39, 0.29) is 0 Å². The molecule has 0 saturated carbocycles. The Bertz CT molecular complexity index is 787. The second-order valence-corrected chi connectivity index (χ2v) is 11.7. The molecule has 2 N–H and O–H groups in total. The van der Waals surface area contributed by atoms with Gasteiger partial charge in [0.1, 0.15) is 11.5 Å². The summed E-state index contributed by atoms with van der Waals surface area (Å²) in [5, 5.41) is 19.9. The van der Waals surface area contributed by atoms with Crippen molar-refractivity contribution < 1.29 is 23.5 Å². The molecule has 0 radical (unpaired) electrons. The lowest BCUT2D eigenvalue weighted by Crippen LogP contribution is -2.42. The molecule has 2 aromatic carbocycles. The van der Waals surface area contributed by atoms with Gasteiger partial charge in [0.2, 0.25) is 0 Å². The van der Waals surface area contributed by atoms with Gasteiger partial charge in [-0.05, 0) is 78.5 Å². The van der Waals surface area contributed by atoms with Crippen LogP contribution >= 0.6 is 11.8 Å². The molecule has 30 heavy (non-hydrogen) atoms.